The van der Waals surface area contributed by atoms with Crippen LogP contribution in [0.15, 0.2) is 4.99 Å². The van der Waals surface area contributed by atoms with Crippen LogP contribution in [0.4, 0.5) is 0 Å². The van der Waals surface area contributed by atoms with E-state index in [1.54, 1.807) is 0 Å². The minimum atomic E-state index is 0.291. The summed E-state index contributed by atoms with van der Waals surface area (Å²) in [6.07, 6.45) is 6.46. The average molecular weight is 376 g/mol. The normalized spacial score (nSPS) is 29.4. The van der Waals surface area contributed by atoms with Gasteiger partial charge in [0.1, 0.15) is 12.4 Å². The SMILES string of the molecule is Cc1nnc(CN=C(NCC2CCCO2)NC2CC(C)N(C3CC3)C2)n1C. The molecule has 1 saturated carbocycles. The van der Waals surface area contributed by atoms with Gasteiger partial charge in [-0.15, -0.1) is 10.2 Å². The van der Waals surface area contributed by atoms with Crippen molar-refractivity contribution in [3.63, 3.8) is 0 Å². The Morgan fingerprint density at radius 2 is 2.15 bits per heavy atom. The fraction of sp³-hybridized carbons (Fsp3) is 0.842. The number of likely N-dealkylation sites (tertiary alicyclic amines) is 1. The molecule has 0 spiro atoms. The maximum absolute atomic E-state index is 5.75. The summed E-state index contributed by atoms with van der Waals surface area (Å²) >= 11 is 0. The smallest absolute Gasteiger partial charge is 0.192 e. The predicted octanol–water partition coefficient (Wildman–Crippen LogP) is 0.963. The van der Waals surface area contributed by atoms with Crippen molar-refractivity contribution in [1.82, 2.24) is 30.3 Å². The molecule has 3 fully saturated rings. The van der Waals surface area contributed by atoms with Crippen LogP contribution in [0.1, 0.15) is 50.7 Å². The summed E-state index contributed by atoms with van der Waals surface area (Å²) in [4.78, 5) is 7.45. The first kappa shape index (κ1) is 18.7. The molecule has 3 aliphatic rings. The molecule has 2 aliphatic heterocycles. The third kappa shape index (κ3) is 4.60. The van der Waals surface area contributed by atoms with Gasteiger partial charge in [-0.3, -0.25) is 4.90 Å². The van der Waals surface area contributed by atoms with Crippen LogP contribution < -0.4 is 10.6 Å². The van der Waals surface area contributed by atoms with Crippen molar-refractivity contribution in [2.45, 2.75) is 76.7 Å². The first-order chi connectivity index (χ1) is 13.1. The molecule has 4 rings (SSSR count). The van der Waals surface area contributed by atoms with Crippen molar-refractivity contribution in [3.05, 3.63) is 11.6 Å². The summed E-state index contributed by atoms with van der Waals surface area (Å²) in [7, 11) is 1.99. The molecule has 0 aromatic carbocycles. The molecule has 2 N–H and O–H groups in total. The Hall–Kier alpha value is -1.67. The predicted molar refractivity (Wildman–Crippen MR) is 105 cm³/mol. The van der Waals surface area contributed by atoms with Crippen LogP contribution in [-0.4, -0.2) is 69.5 Å². The van der Waals surface area contributed by atoms with E-state index in [0.29, 0.717) is 24.7 Å². The van der Waals surface area contributed by atoms with Crippen LogP contribution in [-0.2, 0) is 18.3 Å². The topological polar surface area (TPSA) is 79.6 Å². The number of nitrogens with one attached hydrogen (secondary N) is 2. The van der Waals surface area contributed by atoms with Gasteiger partial charge in [-0.2, -0.15) is 0 Å². The lowest BCUT2D eigenvalue weighted by Crippen LogP contribution is -2.46. The molecule has 3 unspecified atom stereocenters. The van der Waals surface area contributed by atoms with E-state index in [1.165, 1.54) is 19.3 Å². The number of aliphatic imine (C=N–C) groups is 1. The Kier molecular flexibility index (Phi) is 5.63. The van der Waals surface area contributed by atoms with E-state index in [1.807, 2.05) is 18.5 Å². The van der Waals surface area contributed by atoms with E-state index in [2.05, 4.69) is 32.7 Å². The van der Waals surface area contributed by atoms with Crippen LogP contribution in [0.5, 0.6) is 0 Å². The summed E-state index contributed by atoms with van der Waals surface area (Å²) in [6.45, 7) is 7.61. The lowest BCUT2D eigenvalue weighted by Gasteiger charge is -2.21. The number of nitrogens with zero attached hydrogens (tertiary/aromatic N) is 5. The fourth-order valence-corrected chi connectivity index (χ4v) is 4.18. The van der Waals surface area contributed by atoms with Gasteiger partial charge in [-0.1, -0.05) is 0 Å². The number of guanidine groups is 1. The van der Waals surface area contributed by atoms with Gasteiger partial charge in [0, 0.05) is 44.9 Å². The van der Waals surface area contributed by atoms with E-state index in [0.717, 1.165) is 56.2 Å². The highest BCUT2D eigenvalue weighted by Crippen LogP contribution is 2.33. The minimum Gasteiger partial charge on any atom is -0.376 e. The van der Waals surface area contributed by atoms with Crippen molar-refractivity contribution in [2.75, 3.05) is 19.7 Å². The number of hydrogen-bond acceptors (Lipinski definition) is 5. The van der Waals surface area contributed by atoms with Gasteiger partial charge >= 0.3 is 0 Å². The van der Waals surface area contributed by atoms with Crippen molar-refractivity contribution >= 4 is 5.96 Å². The van der Waals surface area contributed by atoms with E-state index in [4.69, 9.17) is 9.73 Å². The molecule has 1 aromatic rings. The Labute approximate surface area is 161 Å². The van der Waals surface area contributed by atoms with Gasteiger partial charge in [0.15, 0.2) is 11.8 Å². The molecule has 27 heavy (non-hydrogen) atoms. The van der Waals surface area contributed by atoms with E-state index < -0.39 is 0 Å². The molecule has 3 atom stereocenters. The molecule has 1 aromatic heterocycles. The van der Waals surface area contributed by atoms with Crippen molar-refractivity contribution < 1.29 is 4.74 Å². The van der Waals surface area contributed by atoms with Gasteiger partial charge < -0.3 is 19.9 Å². The van der Waals surface area contributed by atoms with Crippen LogP contribution in [0.2, 0.25) is 0 Å². The largest absolute Gasteiger partial charge is 0.376 e. The van der Waals surface area contributed by atoms with Crippen LogP contribution in [0, 0.1) is 6.92 Å². The summed E-state index contributed by atoms with van der Waals surface area (Å²) in [5.74, 6) is 2.65. The molecule has 3 heterocycles. The monoisotopic (exact) mass is 375 g/mol. The zero-order valence-electron chi connectivity index (χ0n) is 16.8. The second-order valence-electron chi connectivity index (χ2n) is 8.26. The van der Waals surface area contributed by atoms with Gasteiger partial charge in [0.25, 0.3) is 0 Å². The van der Waals surface area contributed by atoms with Gasteiger partial charge in [-0.05, 0) is 46.0 Å². The molecule has 0 amide bonds. The Morgan fingerprint density at radius 3 is 2.81 bits per heavy atom. The second-order valence-corrected chi connectivity index (χ2v) is 8.26. The highest BCUT2D eigenvalue weighted by atomic mass is 16.5. The Balaban J connectivity index is 1.38. The first-order valence-corrected chi connectivity index (χ1v) is 10.4. The zero-order chi connectivity index (χ0) is 18.8. The standard InChI is InChI=1S/C19H33N7O/c1-13-9-15(12-26(13)16-6-7-16)22-19(20-10-17-5-4-8-27-17)21-11-18-24-23-14(2)25(18)3/h13,15-17H,4-12H2,1-3H3,(H2,20,21,22). The average Bonchev–Trinajstić information content (AvgIpc) is 3.08. The third-order valence-electron chi connectivity index (χ3n) is 6.06. The maximum Gasteiger partial charge on any atom is 0.192 e. The third-order valence-corrected chi connectivity index (χ3v) is 6.06. The van der Waals surface area contributed by atoms with Crippen LogP contribution in [0.25, 0.3) is 0 Å². The molecule has 150 valence electrons. The molecule has 0 bridgehead atoms. The number of rotatable bonds is 6. The number of hydrogen-bond donors (Lipinski definition) is 2. The molecule has 8 heteroatoms. The summed E-state index contributed by atoms with van der Waals surface area (Å²) < 4.78 is 7.75. The molecule has 8 nitrogen and oxygen atoms in total. The first-order valence-electron chi connectivity index (χ1n) is 10.4. The van der Waals surface area contributed by atoms with Gasteiger partial charge in [0.05, 0.1) is 6.10 Å². The molecular formula is C19H33N7O. The molecular weight excluding hydrogens is 342 g/mol. The summed E-state index contributed by atoms with van der Waals surface area (Å²) in [6, 6.07) is 1.90. The quantitative estimate of drug-likeness (QED) is 0.570. The molecule has 2 saturated heterocycles. The van der Waals surface area contributed by atoms with Gasteiger partial charge in [0.2, 0.25) is 0 Å². The van der Waals surface area contributed by atoms with E-state index >= 15 is 0 Å². The Morgan fingerprint density at radius 1 is 1.30 bits per heavy atom. The van der Waals surface area contributed by atoms with Crippen LogP contribution >= 0.6 is 0 Å². The summed E-state index contributed by atoms with van der Waals surface area (Å²) in [5.41, 5.74) is 0. The number of aryl methyl sites for hydroxylation is 1. The van der Waals surface area contributed by atoms with Gasteiger partial charge in [-0.25, -0.2) is 4.99 Å². The van der Waals surface area contributed by atoms with Crippen molar-refractivity contribution in [3.8, 4) is 0 Å². The second kappa shape index (κ2) is 8.14. The van der Waals surface area contributed by atoms with Crippen molar-refractivity contribution in [2.24, 2.45) is 12.0 Å². The fourth-order valence-electron chi connectivity index (χ4n) is 4.18. The number of aromatic nitrogens is 3. The zero-order valence-corrected chi connectivity index (χ0v) is 16.8. The number of ether oxygens (including phenoxy) is 1. The lowest BCUT2D eigenvalue weighted by atomic mass is 10.2. The van der Waals surface area contributed by atoms with E-state index in [-0.39, 0.29) is 0 Å². The van der Waals surface area contributed by atoms with E-state index in [9.17, 15) is 0 Å². The van der Waals surface area contributed by atoms with Crippen LogP contribution in [0.3, 0.4) is 0 Å². The summed E-state index contributed by atoms with van der Waals surface area (Å²) in [5, 5.41) is 15.5. The van der Waals surface area contributed by atoms with Crippen molar-refractivity contribution in [1.29, 1.82) is 0 Å². The lowest BCUT2D eigenvalue weighted by molar-refractivity contribution is 0.113. The Bertz CT molecular complexity index is 663. The highest BCUT2D eigenvalue weighted by Gasteiger charge is 2.39. The highest BCUT2D eigenvalue weighted by molar-refractivity contribution is 5.80. The maximum atomic E-state index is 5.75. The molecule has 1 aliphatic carbocycles. The molecule has 0 radical (unpaired) electrons. The minimum absolute atomic E-state index is 0.291.